The molecule has 4 nitrogen and oxygen atoms in total. The summed E-state index contributed by atoms with van der Waals surface area (Å²) < 4.78 is 3.20. The third-order valence-electron chi connectivity index (χ3n) is 3.10. The predicted molar refractivity (Wildman–Crippen MR) is 77.9 cm³/mol. The van der Waals surface area contributed by atoms with E-state index in [0.29, 0.717) is 11.9 Å². The highest BCUT2D eigenvalue weighted by atomic mass is 79.9. The van der Waals surface area contributed by atoms with Gasteiger partial charge < -0.3 is 9.67 Å². The highest BCUT2D eigenvalue weighted by Crippen LogP contribution is 2.39. The van der Waals surface area contributed by atoms with Crippen molar-refractivity contribution in [2.75, 3.05) is 0 Å². The Morgan fingerprint density at radius 1 is 1.32 bits per heavy atom. The molecule has 0 amide bonds. The summed E-state index contributed by atoms with van der Waals surface area (Å²) in [5.74, 6) is 1.52. The summed E-state index contributed by atoms with van der Waals surface area (Å²) in [6, 6.07) is 8.67. The Morgan fingerprint density at radius 3 is 2.79 bits per heavy atom. The number of aliphatic hydroxyl groups excluding tert-OH is 1. The molecule has 19 heavy (non-hydrogen) atoms. The van der Waals surface area contributed by atoms with Crippen LogP contribution in [-0.2, 0) is 12.4 Å². The van der Waals surface area contributed by atoms with Crippen LogP contribution in [0.25, 0.3) is 0 Å². The van der Waals surface area contributed by atoms with Crippen molar-refractivity contribution < 1.29 is 5.11 Å². The fourth-order valence-corrected chi connectivity index (χ4v) is 3.61. The lowest BCUT2D eigenvalue weighted by molar-refractivity contribution is 0.263. The number of aromatic nitrogens is 3. The lowest BCUT2D eigenvalue weighted by Gasteiger charge is -2.07. The minimum Gasteiger partial charge on any atom is -0.388 e. The van der Waals surface area contributed by atoms with Crippen LogP contribution < -0.4 is 0 Å². The minimum absolute atomic E-state index is 0.0426. The monoisotopic (exact) mass is 339 g/mol. The van der Waals surface area contributed by atoms with E-state index in [9.17, 15) is 5.11 Å². The van der Waals surface area contributed by atoms with E-state index < -0.39 is 0 Å². The molecule has 1 saturated carbocycles. The summed E-state index contributed by atoms with van der Waals surface area (Å²) in [7, 11) is 0. The summed E-state index contributed by atoms with van der Waals surface area (Å²) in [6.45, 7) is -0.0426. The van der Waals surface area contributed by atoms with Crippen LogP contribution in [0.5, 0.6) is 0 Å². The zero-order chi connectivity index (χ0) is 13.2. The fourth-order valence-electron chi connectivity index (χ4n) is 1.97. The van der Waals surface area contributed by atoms with E-state index >= 15 is 0 Å². The van der Waals surface area contributed by atoms with Crippen molar-refractivity contribution >= 4 is 27.7 Å². The molecule has 1 aliphatic carbocycles. The summed E-state index contributed by atoms with van der Waals surface area (Å²) in [4.78, 5) is 0. The summed E-state index contributed by atoms with van der Waals surface area (Å²) in [6.07, 6.45) is 2.32. The highest BCUT2D eigenvalue weighted by molar-refractivity contribution is 9.10. The van der Waals surface area contributed by atoms with Gasteiger partial charge in [-0.3, -0.25) is 0 Å². The van der Waals surface area contributed by atoms with Gasteiger partial charge in [0.2, 0.25) is 0 Å². The van der Waals surface area contributed by atoms with Crippen molar-refractivity contribution in [3.8, 4) is 0 Å². The van der Waals surface area contributed by atoms with Gasteiger partial charge in [0, 0.05) is 16.3 Å². The van der Waals surface area contributed by atoms with Crippen molar-refractivity contribution in [3.63, 3.8) is 0 Å². The van der Waals surface area contributed by atoms with Crippen LogP contribution in [-0.4, -0.2) is 19.9 Å². The topological polar surface area (TPSA) is 50.9 Å². The molecule has 0 unspecified atom stereocenters. The van der Waals surface area contributed by atoms with E-state index in [2.05, 4.69) is 36.8 Å². The molecule has 1 aromatic heterocycles. The molecule has 0 atom stereocenters. The standard InChI is InChI=1S/C13H14BrN3OS/c14-11-4-2-1-3-9(11)8-19-13-16-15-12(7-18)17(13)10-5-6-10/h1-4,10,18H,5-8H2. The first kappa shape index (κ1) is 13.1. The van der Waals surface area contributed by atoms with Crippen LogP contribution in [0.2, 0.25) is 0 Å². The number of nitrogens with zero attached hydrogens (tertiary/aromatic N) is 3. The van der Waals surface area contributed by atoms with Gasteiger partial charge in [0.15, 0.2) is 11.0 Å². The third kappa shape index (κ3) is 2.85. The van der Waals surface area contributed by atoms with Gasteiger partial charge in [0.05, 0.1) is 0 Å². The average molecular weight is 340 g/mol. The quantitative estimate of drug-likeness (QED) is 0.850. The van der Waals surface area contributed by atoms with Gasteiger partial charge in [-0.25, -0.2) is 0 Å². The van der Waals surface area contributed by atoms with Gasteiger partial charge in [0.25, 0.3) is 0 Å². The van der Waals surface area contributed by atoms with Crippen molar-refractivity contribution in [1.29, 1.82) is 0 Å². The normalized spacial score (nSPS) is 14.8. The molecule has 0 radical (unpaired) electrons. The molecule has 1 fully saturated rings. The second kappa shape index (κ2) is 5.64. The molecule has 0 aliphatic heterocycles. The lowest BCUT2D eigenvalue weighted by atomic mass is 10.2. The number of hydrogen-bond acceptors (Lipinski definition) is 4. The largest absolute Gasteiger partial charge is 0.388 e. The molecular weight excluding hydrogens is 326 g/mol. The zero-order valence-corrected chi connectivity index (χ0v) is 12.7. The van der Waals surface area contributed by atoms with Crippen LogP contribution >= 0.6 is 27.7 Å². The maximum Gasteiger partial charge on any atom is 0.191 e. The summed E-state index contributed by atoms with van der Waals surface area (Å²) in [5.41, 5.74) is 1.24. The first-order valence-electron chi connectivity index (χ1n) is 6.20. The number of thioether (sulfide) groups is 1. The minimum atomic E-state index is -0.0426. The number of rotatable bonds is 5. The number of aliphatic hydroxyl groups is 1. The van der Waals surface area contributed by atoms with Crippen molar-refractivity contribution in [1.82, 2.24) is 14.8 Å². The van der Waals surface area contributed by atoms with Crippen LogP contribution in [0.15, 0.2) is 33.9 Å². The van der Waals surface area contributed by atoms with Crippen molar-refractivity contribution in [3.05, 3.63) is 40.1 Å². The Hall–Kier alpha value is -0.850. The maximum atomic E-state index is 9.30. The van der Waals surface area contributed by atoms with E-state index in [1.165, 1.54) is 5.56 Å². The lowest BCUT2D eigenvalue weighted by Crippen LogP contribution is -2.02. The zero-order valence-electron chi connectivity index (χ0n) is 10.3. The number of benzene rings is 1. The van der Waals surface area contributed by atoms with Crippen molar-refractivity contribution in [2.45, 2.75) is 36.4 Å². The van der Waals surface area contributed by atoms with E-state index in [-0.39, 0.29) is 6.61 Å². The maximum absolute atomic E-state index is 9.30. The first-order valence-corrected chi connectivity index (χ1v) is 7.98. The van der Waals surface area contributed by atoms with Gasteiger partial charge in [-0.1, -0.05) is 45.9 Å². The van der Waals surface area contributed by atoms with E-state index in [1.54, 1.807) is 11.8 Å². The fraction of sp³-hybridized carbons (Fsp3) is 0.385. The summed E-state index contributed by atoms with van der Waals surface area (Å²) in [5, 5.41) is 18.5. The number of hydrogen-bond donors (Lipinski definition) is 1. The van der Waals surface area contributed by atoms with Gasteiger partial charge in [-0.2, -0.15) is 0 Å². The van der Waals surface area contributed by atoms with Gasteiger partial charge in [-0.15, -0.1) is 10.2 Å². The summed E-state index contributed by atoms with van der Waals surface area (Å²) >= 11 is 5.22. The van der Waals surface area contributed by atoms with Crippen LogP contribution in [0.1, 0.15) is 30.3 Å². The molecule has 0 bridgehead atoms. The second-order valence-corrected chi connectivity index (χ2v) is 6.34. The molecule has 1 N–H and O–H groups in total. The van der Waals surface area contributed by atoms with Crippen molar-refractivity contribution in [2.24, 2.45) is 0 Å². The molecule has 2 aromatic rings. The molecule has 1 aromatic carbocycles. The molecular formula is C13H14BrN3OS. The molecule has 3 rings (SSSR count). The van der Waals surface area contributed by atoms with E-state index in [1.807, 2.05) is 18.2 Å². The molecule has 0 spiro atoms. The second-order valence-electron chi connectivity index (χ2n) is 4.54. The highest BCUT2D eigenvalue weighted by Gasteiger charge is 2.29. The first-order chi connectivity index (χ1) is 9.29. The van der Waals surface area contributed by atoms with Crippen LogP contribution in [0, 0.1) is 0 Å². The molecule has 1 aliphatic rings. The third-order valence-corrected chi connectivity index (χ3v) is 4.87. The average Bonchev–Trinajstić information content (AvgIpc) is 3.18. The predicted octanol–water partition coefficient (Wildman–Crippen LogP) is 3.16. The van der Waals surface area contributed by atoms with Crippen LogP contribution in [0.3, 0.4) is 0 Å². The van der Waals surface area contributed by atoms with E-state index in [0.717, 1.165) is 28.2 Å². The van der Waals surface area contributed by atoms with Gasteiger partial charge in [-0.05, 0) is 24.5 Å². The Kier molecular flexibility index (Phi) is 3.91. The van der Waals surface area contributed by atoms with Gasteiger partial charge >= 0.3 is 0 Å². The van der Waals surface area contributed by atoms with Gasteiger partial charge in [0.1, 0.15) is 6.61 Å². The number of halogens is 1. The Morgan fingerprint density at radius 2 is 2.11 bits per heavy atom. The van der Waals surface area contributed by atoms with Crippen LogP contribution in [0.4, 0.5) is 0 Å². The Labute approximate surface area is 124 Å². The SMILES string of the molecule is OCc1nnc(SCc2ccccc2Br)n1C1CC1. The molecule has 1 heterocycles. The Bertz CT molecular complexity index is 583. The Balaban J connectivity index is 1.77. The molecule has 6 heteroatoms. The molecule has 0 saturated heterocycles. The smallest absolute Gasteiger partial charge is 0.191 e. The van der Waals surface area contributed by atoms with E-state index in [4.69, 9.17) is 0 Å². The molecule has 100 valence electrons.